The number of aryl methyl sites for hydroxylation is 2. The average Bonchev–Trinajstić information content (AvgIpc) is 3.74. The lowest BCUT2D eigenvalue weighted by Crippen LogP contribution is -2.36. The topological polar surface area (TPSA) is 111 Å². The van der Waals surface area contributed by atoms with E-state index in [2.05, 4.69) is 35.7 Å². The fraction of sp³-hybridized carbons (Fsp3) is 0.359. The van der Waals surface area contributed by atoms with Crippen molar-refractivity contribution in [2.45, 2.75) is 71.1 Å². The van der Waals surface area contributed by atoms with Gasteiger partial charge in [-0.25, -0.2) is 13.8 Å². The number of aliphatic carboxylic acids is 1. The SMILES string of the molecule is CN1CC(C)(C)CCC[C@](C)(c2cccc(CCC(=O)O)c2)c2cnc([nH]2)-c2cc(ccc2F)Oc2c(F)cc3[nH]ccc3c2CCC1=O. The molecule has 0 fully saturated rings. The second kappa shape index (κ2) is 13.5. The van der Waals surface area contributed by atoms with Gasteiger partial charge in [0, 0.05) is 72.5 Å². The van der Waals surface area contributed by atoms with E-state index in [0.717, 1.165) is 35.0 Å². The molecule has 256 valence electrons. The Bertz CT molecular complexity index is 2020. The molecule has 0 spiro atoms. The maximum Gasteiger partial charge on any atom is 0.303 e. The van der Waals surface area contributed by atoms with Gasteiger partial charge >= 0.3 is 5.97 Å². The third-order valence-corrected chi connectivity index (χ3v) is 9.85. The highest BCUT2D eigenvalue weighted by Crippen LogP contribution is 2.41. The van der Waals surface area contributed by atoms with Gasteiger partial charge in [-0.2, -0.15) is 0 Å². The minimum absolute atomic E-state index is 0.00570. The van der Waals surface area contributed by atoms with Crippen LogP contribution in [0.5, 0.6) is 11.5 Å². The molecule has 4 bridgehead atoms. The minimum atomic E-state index is -0.857. The van der Waals surface area contributed by atoms with Crippen molar-refractivity contribution in [3.05, 3.63) is 101 Å². The van der Waals surface area contributed by atoms with Crippen LogP contribution in [0.1, 0.15) is 75.3 Å². The first-order valence-corrected chi connectivity index (χ1v) is 16.7. The molecule has 0 radical (unpaired) electrons. The van der Waals surface area contributed by atoms with E-state index >= 15 is 8.78 Å². The number of carbonyl (C=O) groups excluding carboxylic acids is 1. The number of benzene rings is 3. The fourth-order valence-electron chi connectivity index (χ4n) is 7.10. The zero-order valence-electron chi connectivity index (χ0n) is 28.3. The normalized spacial score (nSPS) is 18.7. The average molecular weight is 669 g/mol. The van der Waals surface area contributed by atoms with Gasteiger partial charge in [0.05, 0.1) is 5.56 Å². The van der Waals surface area contributed by atoms with Gasteiger partial charge in [-0.15, -0.1) is 0 Å². The number of nitrogens with one attached hydrogen (secondary N) is 2. The van der Waals surface area contributed by atoms with Crippen molar-refractivity contribution in [2.24, 2.45) is 5.41 Å². The maximum atomic E-state index is 15.7. The molecule has 3 N–H and O–H groups in total. The van der Waals surface area contributed by atoms with Crippen molar-refractivity contribution in [1.29, 1.82) is 0 Å². The number of ether oxygens (including phenoxy) is 1. The number of aromatic nitrogens is 3. The van der Waals surface area contributed by atoms with Crippen LogP contribution in [-0.4, -0.2) is 50.4 Å². The van der Waals surface area contributed by atoms with Gasteiger partial charge in [0.2, 0.25) is 5.91 Å². The number of carboxylic acids is 1. The maximum absolute atomic E-state index is 15.7. The van der Waals surface area contributed by atoms with Crippen LogP contribution < -0.4 is 4.74 Å². The standard InChI is InChI=1S/C39H42F2N4O4/c1-38(2)16-6-17-39(3,25-8-5-7-24(19-25)9-14-35(47)48)33-22-43-37(44-33)29-20-26(10-12-30(29)40)49-36-28(11-13-34(46)45(4)23-38)27-15-18-42-32(27)21-31(36)41/h5,7-8,10,12,15,18-22,42H,6,9,11,13-14,16-17,23H2,1-4H3,(H,43,44)(H,47,48)/t39-/m1/s1. The Hall–Kier alpha value is -4.99. The third-order valence-electron chi connectivity index (χ3n) is 9.85. The van der Waals surface area contributed by atoms with Gasteiger partial charge in [-0.3, -0.25) is 9.59 Å². The summed E-state index contributed by atoms with van der Waals surface area (Å²) >= 11 is 0. The second-order valence-electron chi connectivity index (χ2n) is 14.2. The Morgan fingerprint density at radius 3 is 2.65 bits per heavy atom. The van der Waals surface area contributed by atoms with Crippen molar-refractivity contribution in [3.63, 3.8) is 0 Å². The van der Waals surface area contributed by atoms with Crippen LogP contribution in [0.3, 0.4) is 0 Å². The van der Waals surface area contributed by atoms with E-state index in [1.807, 2.05) is 30.3 Å². The molecule has 0 unspecified atom stereocenters. The smallest absolute Gasteiger partial charge is 0.303 e. The lowest BCUT2D eigenvalue weighted by Gasteiger charge is -2.34. The summed E-state index contributed by atoms with van der Waals surface area (Å²) in [4.78, 5) is 37.6. The van der Waals surface area contributed by atoms with E-state index in [-0.39, 0.29) is 47.6 Å². The molecular weight excluding hydrogens is 626 g/mol. The van der Waals surface area contributed by atoms with Gasteiger partial charge in [-0.05, 0) is 73.4 Å². The molecule has 0 saturated carbocycles. The summed E-state index contributed by atoms with van der Waals surface area (Å²) in [7, 11) is 1.81. The van der Waals surface area contributed by atoms with E-state index in [9.17, 15) is 14.7 Å². The number of hydrogen-bond donors (Lipinski definition) is 3. The molecule has 3 heterocycles. The highest BCUT2D eigenvalue weighted by atomic mass is 19.1. The molecule has 5 aromatic rings. The van der Waals surface area contributed by atoms with E-state index in [1.54, 1.807) is 24.3 Å². The van der Waals surface area contributed by atoms with Crippen molar-refractivity contribution in [2.75, 3.05) is 13.6 Å². The van der Waals surface area contributed by atoms with Gasteiger partial charge in [0.1, 0.15) is 17.4 Å². The van der Waals surface area contributed by atoms with Crippen LogP contribution in [0.25, 0.3) is 22.3 Å². The lowest BCUT2D eigenvalue weighted by molar-refractivity contribution is -0.137. The molecule has 0 saturated heterocycles. The molecule has 0 aliphatic carbocycles. The molecule has 1 atom stereocenters. The number of imidazole rings is 1. The highest BCUT2D eigenvalue weighted by Gasteiger charge is 2.33. The molecule has 1 aliphatic heterocycles. The number of nitrogens with zero attached hydrogens (tertiary/aromatic N) is 2. The van der Waals surface area contributed by atoms with Crippen LogP contribution in [0, 0.1) is 17.0 Å². The Morgan fingerprint density at radius 2 is 1.86 bits per heavy atom. The first-order chi connectivity index (χ1) is 23.3. The first-order valence-electron chi connectivity index (χ1n) is 16.7. The summed E-state index contributed by atoms with van der Waals surface area (Å²) in [6.45, 7) is 6.95. The summed E-state index contributed by atoms with van der Waals surface area (Å²) in [5.74, 6) is -1.50. The Balaban J connectivity index is 1.45. The molecule has 1 amide bonds. The lowest BCUT2D eigenvalue weighted by atomic mass is 9.73. The molecule has 10 heteroatoms. The van der Waals surface area contributed by atoms with E-state index in [0.29, 0.717) is 36.3 Å². The monoisotopic (exact) mass is 668 g/mol. The van der Waals surface area contributed by atoms with Crippen molar-refractivity contribution in [1.82, 2.24) is 19.9 Å². The molecule has 6 rings (SSSR count). The molecule has 2 aromatic heterocycles. The van der Waals surface area contributed by atoms with Crippen LogP contribution >= 0.6 is 0 Å². The number of fused-ring (bicyclic) bond motifs is 8. The fourth-order valence-corrected chi connectivity index (χ4v) is 7.10. The number of amides is 1. The zero-order valence-corrected chi connectivity index (χ0v) is 28.3. The largest absolute Gasteiger partial charge is 0.481 e. The van der Waals surface area contributed by atoms with Gasteiger partial charge in [0.15, 0.2) is 11.6 Å². The number of aromatic amines is 2. The molecule has 49 heavy (non-hydrogen) atoms. The Morgan fingerprint density at radius 1 is 1.04 bits per heavy atom. The van der Waals surface area contributed by atoms with E-state index in [1.165, 1.54) is 24.3 Å². The molecule has 8 nitrogen and oxygen atoms in total. The van der Waals surface area contributed by atoms with E-state index < -0.39 is 23.0 Å². The highest BCUT2D eigenvalue weighted by molar-refractivity contribution is 5.86. The molecule has 1 aliphatic rings. The zero-order chi connectivity index (χ0) is 34.9. The van der Waals surface area contributed by atoms with Crippen LogP contribution in [0.4, 0.5) is 8.78 Å². The van der Waals surface area contributed by atoms with Crippen LogP contribution in [0.2, 0.25) is 0 Å². The van der Waals surface area contributed by atoms with E-state index in [4.69, 9.17) is 4.74 Å². The summed E-state index contributed by atoms with van der Waals surface area (Å²) in [5.41, 5.74) is 3.21. The number of carbonyl (C=O) groups is 2. The van der Waals surface area contributed by atoms with Crippen molar-refractivity contribution >= 4 is 22.8 Å². The Labute approximate surface area is 284 Å². The number of hydrogen-bond acceptors (Lipinski definition) is 4. The van der Waals surface area contributed by atoms with Gasteiger partial charge < -0.3 is 24.7 Å². The predicted octanol–water partition coefficient (Wildman–Crippen LogP) is 8.55. The number of carboxylic acid groups (broad SMARTS) is 1. The number of rotatable bonds is 4. The third kappa shape index (κ3) is 7.23. The predicted molar refractivity (Wildman–Crippen MR) is 185 cm³/mol. The van der Waals surface area contributed by atoms with Crippen molar-refractivity contribution < 1.29 is 28.2 Å². The summed E-state index contributed by atoms with van der Waals surface area (Å²) in [5, 5.41) is 10.0. The molecular formula is C39H42F2N4O4. The van der Waals surface area contributed by atoms with Gasteiger partial charge in [0.25, 0.3) is 0 Å². The van der Waals surface area contributed by atoms with Crippen molar-refractivity contribution in [3.8, 4) is 22.9 Å². The second-order valence-corrected chi connectivity index (χ2v) is 14.2. The summed E-state index contributed by atoms with van der Waals surface area (Å²) in [6.07, 6.45) is 6.63. The first kappa shape index (κ1) is 33.9. The Kier molecular flexibility index (Phi) is 9.33. The summed E-state index contributed by atoms with van der Waals surface area (Å²) in [6, 6.07) is 15.4. The quantitative estimate of drug-likeness (QED) is 0.178. The minimum Gasteiger partial charge on any atom is -0.481 e. The summed E-state index contributed by atoms with van der Waals surface area (Å²) < 4.78 is 37.3. The molecule has 3 aromatic carbocycles. The number of halogens is 2. The van der Waals surface area contributed by atoms with Gasteiger partial charge in [-0.1, -0.05) is 44.5 Å². The van der Waals surface area contributed by atoms with Crippen LogP contribution in [0.15, 0.2) is 67.0 Å². The number of H-pyrrole nitrogens is 2. The van der Waals surface area contributed by atoms with Crippen LogP contribution in [-0.2, 0) is 27.8 Å².